The van der Waals surface area contributed by atoms with Crippen molar-refractivity contribution in [1.82, 2.24) is 15.0 Å². The molecule has 0 saturated carbocycles. The molecule has 4 nitrogen and oxygen atoms in total. The van der Waals surface area contributed by atoms with E-state index >= 15 is 0 Å². The lowest BCUT2D eigenvalue weighted by Gasteiger charge is -1.90. The van der Waals surface area contributed by atoms with Crippen molar-refractivity contribution in [2.75, 3.05) is 0 Å². The van der Waals surface area contributed by atoms with Gasteiger partial charge in [0.05, 0.1) is 0 Å². The van der Waals surface area contributed by atoms with Crippen molar-refractivity contribution in [2.24, 2.45) is 0 Å². The second-order valence-corrected chi connectivity index (χ2v) is 3.06. The van der Waals surface area contributed by atoms with Crippen molar-refractivity contribution in [3.8, 4) is 11.6 Å². The molecule has 0 aliphatic carbocycles. The van der Waals surface area contributed by atoms with Crippen LogP contribution in [0.2, 0.25) is 0 Å². The number of hydrogen-bond acceptors (Lipinski definition) is 4. The number of aromatic nitrogens is 3. The fourth-order valence-corrected chi connectivity index (χ4v) is 1.37. The number of hydrogen-bond donors (Lipinski definition) is 0. The number of oxazole rings is 1. The first-order valence-corrected chi connectivity index (χ1v) is 4.56. The predicted octanol–water partition coefficient (Wildman–Crippen LogP) is 2.28. The van der Waals surface area contributed by atoms with Crippen molar-refractivity contribution in [1.29, 1.82) is 0 Å². The fraction of sp³-hybridized carbons (Fsp3) is 0. The van der Waals surface area contributed by atoms with Gasteiger partial charge in [0.2, 0.25) is 5.89 Å². The van der Waals surface area contributed by atoms with Gasteiger partial charge in [-0.1, -0.05) is 6.07 Å². The fourth-order valence-electron chi connectivity index (χ4n) is 1.37. The standard InChI is InChI=1S/C11H7N3O/c1-2-6-12-8(4-1)11-14-10-9(15-11)5-3-7-13-10/h1-7H. The Balaban J connectivity index is 2.21. The van der Waals surface area contributed by atoms with Gasteiger partial charge in [0.25, 0.3) is 0 Å². The highest BCUT2D eigenvalue weighted by molar-refractivity contribution is 5.70. The highest BCUT2D eigenvalue weighted by atomic mass is 16.3. The van der Waals surface area contributed by atoms with Gasteiger partial charge in [-0.25, -0.2) is 4.98 Å². The van der Waals surface area contributed by atoms with E-state index in [9.17, 15) is 0 Å². The molecule has 72 valence electrons. The normalized spacial score (nSPS) is 10.7. The maximum absolute atomic E-state index is 5.52. The molecular weight excluding hydrogens is 190 g/mol. The van der Waals surface area contributed by atoms with Crippen molar-refractivity contribution in [3.63, 3.8) is 0 Å². The second kappa shape index (κ2) is 3.16. The van der Waals surface area contributed by atoms with Gasteiger partial charge in [-0.2, -0.15) is 4.98 Å². The Morgan fingerprint density at radius 3 is 2.67 bits per heavy atom. The maximum atomic E-state index is 5.52. The van der Waals surface area contributed by atoms with E-state index in [2.05, 4.69) is 15.0 Å². The molecule has 15 heavy (non-hydrogen) atoms. The van der Waals surface area contributed by atoms with Gasteiger partial charge in [0.15, 0.2) is 11.2 Å². The first kappa shape index (κ1) is 8.11. The topological polar surface area (TPSA) is 51.8 Å². The second-order valence-electron chi connectivity index (χ2n) is 3.06. The smallest absolute Gasteiger partial charge is 0.247 e. The summed E-state index contributed by atoms with van der Waals surface area (Å²) in [4.78, 5) is 12.5. The summed E-state index contributed by atoms with van der Waals surface area (Å²) >= 11 is 0. The van der Waals surface area contributed by atoms with Crippen LogP contribution >= 0.6 is 0 Å². The Morgan fingerprint density at radius 2 is 1.87 bits per heavy atom. The Morgan fingerprint density at radius 1 is 0.933 bits per heavy atom. The van der Waals surface area contributed by atoms with Gasteiger partial charge < -0.3 is 4.42 Å². The van der Waals surface area contributed by atoms with E-state index in [1.54, 1.807) is 12.4 Å². The lowest BCUT2D eigenvalue weighted by Crippen LogP contribution is -1.80. The molecular formula is C11H7N3O. The molecule has 4 heteroatoms. The minimum absolute atomic E-state index is 0.504. The molecule has 0 fully saturated rings. The van der Waals surface area contributed by atoms with Crippen LogP contribution < -0.4 is 0 Å². The van der Waals surface area contributed by atoms with E-state index in [0.717, 1.165) is 5.69 Å². The van der Waals surface area contributed by atoms with Gasteiger partial charge in [0, 0.05) is 12.4 Å². The quantitative estimate of drug-likeness (QED) is 0.600. The summed E-state index contributed by atoms with van der Waals surface area (Å²) in [7, 11) is 0. The lowest BCUT2D eigenvalue weighted by molar-refractivity contribution is 0.616. The van der Waals surface area contributed by atoms with Crippen LogP contribution in [0.25, 0.3) is 22.8 Å². The molecule has 3 heterocycles. The maximum Gasteiger partial charge on any atom is 0.247 e. The lowest BCUT2D eigenvalue weighted by atomic mass is 10.3. The first-order valence-electron chi connectivity index (χ1n) is 4.56. The van der Waals surface area contributed by atoms with Gasteiger partial charge in [-0.15, -0.1) is 0 Å². The van der Waals surface area contributed by atoms with Gasteiger partial charge in [0.1, 0.15) is 5.69 Å². The summed E-state index contributed by atoms with van der Waals surface area (Å²) < 4.78 is 5.52. The molecule has 3 aromatic heterocycles. The zero-order chi connectivity index (χ0) is 10.1. The molecule has 3 rings (SSSR count). The van der Waals surface area contributed by atoms with E-state index in [4.69, 9.17) is 4.42 Å². The van der Waals surface area contributed by atoms with Crippen molar-refractivity contribution < 1.29 is 4.42 Å². The van der Waals surface area contributed by atoms with Crippen LogP contribution in [0.4, 0.5) is 0 Å². The Kier molecular flexibility index (Phi) is 1.71. The Hall–Kier alpha value is -2.23. The molecule has 3 aromatic rings. The van der Waals surface area contributed by atoms with Crippen LogP contribution in [0.1, 0.15) is 0 Å². The number of pyridine rings is 2. The number of nitrogens with zero attached hydrogens (tertiary/aromatic N) is 3. The Bertz CT molecular complexity index is 556. The van der Waals surface area contributed by atoms with Gasteiger partial charge in [-0.3, -0.25) is 4.98 Å². The predicted molar refractivity (Wildman–Crippen MR) is 55.0 cm³/mol. The molecule has 0 N–H and O–H groups in total. The van der Waals surface area contributed by atoms with Gasteiger partial charge in [-0.05, 0) is 24.3 Å². The van der Waals surface area contributed by atoms with Crippen molar-refractivity contribution >= 4 is 11.2 Å². The molecule has 0 aliphatic heterocycles. The molecule has 0 aliphatic rings. The molecule has 0 aromatic carbocycles. The van der Waals surface area contributed by atoms with Crippen LogP contribution in [-0.2, 0) is 0 Å². The molecule has 0 amide bonds. The molecule has 0 saturated heterocycles. The molecule has 0 radical (unpaired) electrons. The third kappa shape index (κ3) is 1.36. The summed E-state index contributed by atoms with van der Waals surface area (Å²) in [5.41, 5.74) is 2.01. The average molecular weight is 197 g/mol. The zero-order valence-corrected chi connectivity index (χ0v) is 7.79. The monoisotopic (exact) mass is 197 g/mol. The largest absolute Gasteiger partial charge is 0.433 e. The highest BCUT2D eigenvalue weighted by Crippen LogP contribution is 2.20. The van der Waals surface area contributed by atoms with E-state index in [-0.39, 0.29) is 0 Å². The summed E-state index contributed by atoms with van der Waals surface area (Å²) in [6.45, 7) is 0. The van der Waals surface area contributed by atoms with Crippen LogP contribution in [0, 0.1) is 0 Å². The molecule has 0 bridgehead atoms. The highest BCUT2D eigenvalue weighted by Gasteiger charge is 2.08. The summed E-state index contributed by atoms with van der Waals surface area (Å²) in [5, 5.41) is 0. The third-order valence-electron chi connectivity index (χ3n) is 2.05. The van der Waals surface area contributed by atoms with Gasteiger partial charge >= 0.3 is 0 Å². The minimum atomic E-state index is 0.504. The molecule has 0 unspecified atom stereocenters. The van der Waals surface area contributed by atoms with Crippen molar-refractivity contribution in [3.05, 3.63) is 42.7 Å². The summed E-state index contributed by atoms with van der Waals surface area (Å²) in [6, 6.07) is 9.25. The van der Waals surface area contributed by atoms with E-state index in [1.807, 2.05) is 30.3 Å². The van der Waals surface area contributed by atoms with Crippen molar-refractivity contribution in [2.45, 2.75) is 0 Å². The number of rotatable bonds is 1. The van der Waals surface area contributed by atoms with Crippen LogP contribution in [0.3, 0.4) is 0 Å². The first-order chi connectivity index (χ1) is 7.43. The average Bonchev–Trinajstić information content (AvgIpc) is 2.74. The third-order valence-corrected chi connectivity index (χ3v) is 2.05. The molecule has 0 atom stereocenters. The van der Waals surface area contributed by atoms with Crippen LogP contribution in [-0.4, -0.2) is 15.0 Å². The SMILES string of the molecule is c1ccc(-c2nc3ncccc3o2)nc1. The van der Waals surface area contributed by atoms with E-state index in [1.165, 1.54) is 0 Å². The zero-order valence-electron chi connectivity index (χ0n) is 7.79. The van der Waals surface area contributed by atoms with Crippen LogP contribution in [0.5, 0.6) is 0 Å². The summed E-state index contributed by atoms with van der Waals surface area (Å²) in [6.07, 6.45) is 3.39. The molecule has 0 spiro atoms. The summed E-state index contributed by atoms with van der Waals surface area (Å²) in [5.74, 6) is 0.504. The van der Waals surface area contributed by atoms with E-state index in [0.29, 0.717) is 17.1 Å². The number of fused-ring (bicyclic) bond motifs is 1. The van der Waals surface area contributed by atoms with E-state index < -0.39 is 0 Å². The minimum Gasteiger partial charge on any atom is -0.433 e. The van der Waals surface area contributed by atoms with Crippen LogP contribution in [0.15, 0.2) is 47.1 Å². The Labute approximate surface area is 85.6 Å².